The van der Waals surface area contributed by atoms with E-state index in [1.54, 1.807) is 4.57 Å². The van der Waals surface area contributed by atoms with E-state index in [1.165, 1.54) is 6.33 Å². The van der Waals surface area contributed by atoms with Crippen molar-refractivity contribution in [3.05, 3.63) is 27.2 Å². The van der Waals surface area contributed by atoms with Crippen LogP contribution in [0.2, 0.25) is 0 Å². The molecule has 0 bridgehead atoms. The molecule has 90 valence electrons. The number of imidazole rings is 1. The summed E-state index contributed by atoms with van der Waals surface area (Å²) in [5.41, 5.74) is 0.0175. The fourth-order valence-electron chi connectivity index (χ4n) is 2.37. The number of aromatic amines is 2. The second-order valence-electron chi connectivity index (χ2n) is 4.21. The van der Waals surface area contributed by atoms with Crippen molar-refractivity contribution in [1.29, 1.82) is 0 Å². The lowest BCUT2D eigenvalue weighted by Gasteiger charge is -2.24. The van der Waals surface area contributed by atoms with Crippen LogP contribution in [0.5, 0.6) is 0 Å². The molecule has 2 aromatic heterocycles. The smallest absolute Gasteiger partial charge is 0.330 e. The molecule has 1 saturated heterocycles. The maximum Gasteiger partial charge on any atom is 0.330 e. The fourth-order valence-corrected chi connectivity index (χ4v) is 2.37. The van der Waals surface area contributed by atoms with E-state index in [9.17, 15) is 9.59 Å². The zero-order chi connectivity index (χ0) is 11.8. The van der Waals surface area contributed by atoms with Crippen LogP contribution in [0.1, 0.15) is 18.9 Å². The first kappa shape index (κ1) is 10.3. The highest BCUT2D eigenvalue weighted by molar-refractivity contribution is 5.68. The molecule has 7 nitrogen and oxygen atoms in total. The van der Waals surface area contributed by atoms with Crippen LogP contribution < -0.4 is 16.6 Å². The van der Waals surface area contributed by atoms with Crippen LogP contribution in [-0.2, 0) is 0 Å². The number of hydrogen-bond acceptors (Lipinski definition) is 4. The molecular weight excluding hydrogens is 222 g/mol. The monoisotopic (exact) mass is 235 g/mol. The standard InChI is InChI=1S/C10H13N5O2/c16-9-7-8(13-5-12-7)15(10(17)14-9)6-1-3-11-4-2-6/h5-6,11H,1-4H2,(H,12,13)(H,14,16,17). The van der Waals surface area contributed by atoms with Crippen LogP contribution in [0.3, 0.4) is 0 Å². The van der Waals surface area contributed by atoms with Crippen molar-refractivity contribution in [3.8, 4) is 0 Å². The molecule has 1 aliphatic rings. The van der Waals surface area contributed by atoms with Crippen molar-refractivity contribution in [3.63, 3.8) is 0 Å². The Labute approximate surface area is 95.9 Å². The molecule has 7 heteroatoms. The molecule has 3 heterocycles. The number of aromatic nitrogens is 4. The number of nitrogens with one attached hydrogen (secondary N) is 3. The van der Waals surface area contributed by atoms with Gasteiger partial charge in [0.25, 0.3) is 5.56 Å². The number of nitrogens with zero attached hydrogens (tertiary/aromatic N) is 2. The molecule has 1 fully saturated rings. The number of rotatable bonds is 1. The number of hydrogen-bond donors (Lipinski definition) is 3. The van der Waals surface area contributed by atoms with Gasteiger partial charge in [0.15, 0.2) is 5.52 Å². The van der Waals surface area contributed by atoms with Crippen molar-refractivity contribution in [2.24, 2.45) is 0 Å². The average molecular weight is 235 g/mol. The van der Waals surface area contributed by atoms with Crippen LogP contribution >= 0.6 is 0 Å². The summed E-state index contributed by atoms with van der Waals surface area (Å²) in [5, 5.41) is 3.24. The Balaban J connectivity index is 2.24. The van der Waals surface area contributed by atoms with Crippen LogP contribution in [0, 0.1) is 0 Å². The van der Waals surface area contributed by atoms with Gasteiger partial charge in [-0.3, -0.25) is 14.3 Å². The lowest BCUT2D eigenvalue weighted by Crippen LogP contribution is -2.38. The zero-order valence-corrected chi connectivity index (χ0v) is 9.19. The lowest BCUT2D eigenvalue weighted by atomic mass is 10.1. The van der Waals surface area contributed by atoms with Crippen LogP contribution in [0.4, 0.5) is 0 Å². The predicted molar refractivity (Wildman–Crippen MR) is 62.1 cm³/mol. The van der Waals surface area contributed by atoms with E-state index in [0.29, 0.717) is 11.2 Å². The maximum absolute atomic E-state index is 11.9. The molecule has 3 rings (SSSR count). The molecule has 2 aromatic rings. The first-order chi connectivity index (χ1) is 8.27. The third kappa shape index (κ3) is 1.59. The summed E-state index contributed by atoms with van der Waals surface area (Å²) in [7, 11) is 0. The Bertz CT molecular complexity index is 646. The molecule has 0 radical (unpaired) electrons. The van der Waals surface area contributed by atoms with Gasteiger partial charge in [0, 0.05) is 6.04 Å². The zero-order valence-electron chi connectivity index (χ0n) is 9.19. The first-order valence-electron chi connectivity index (χ1n) is 5.66. The number of H-pyrrole nitrogens is 2. The van der Waals surface area contributed by atoms with Crippen LogP contribution in [0.15, 0.2) is 15.9 Å². The second kappa shape index (κ2) is 3.85. The topological polar surface area (TPSA) is 95.6 Å². The summed E-state index contributed by atoms with van der Waals surface area (Å²) in [6, 6.07) is 0.114. The fraction of sp³-hybridized carbons (Fsp3) is 0.500. The highest BCUT2D eigenvalue weighted by Gasteiger charge is 2.20. The van der Waals surface area contributed by atoms with Crippen molar-refractivity contribution in [1.82, 2.24) is 24.8 Å². The van der Waals surface area contributed by atoms with Gasteiger partial charge in [0.05, 0.1) is 6.33 Å². The molecule has 0 amide bonds. The summed E-state index contributed by atoms with van der Waals surface area (Å²) in [4.78, 5) is 32.6. The summed E-state index contributed by atoms with van der Waals surface area (Å²) in [6.07, 6.45) is 3.19. The SMILES string of the molecule is O=c1[nH]c(=O)n(C2CCNCC2)c2[nH]cnc12. The maximum atomic E-state index is 11.9. The largest absolute Gasteiger partial charge is 0.330 e. The van der Waals surface area contributed by atoms with E-state index < -0.39 is 5.56 Å². The normalized spacial score (nSPS) is 17.6. The van der Waals surface area contributed by atoms with Crippen molar-refractivity contribution in [2.75, 3.05) is 13.1 Å². The Morgan fingerprint density at radius 3 is 2.82 bits per heavy atom. The highest BCUT2D eigenvalue weighted by Crippen LogP contribution is 2.18. The van der Waals surface area contributed by atoms with Gasteiger partial charge in [0.1, 0.15) is 5.65 Å². The van der Waals surface area contributed by atoms with Gasteiger partial charge in [-0.25, -0.2) is 9.78 Å². The molecule has 1 aliphatic heterocycles. The minimum Gasteiger partial charge on any atom is -0.330 e. The van der Waals surface area contributed by atoms with Gasteiger partial charge in [-0.05, 0) is 25.9 Å². The van der Waals surface area contributed by atoms with E-state index >= 15 is 0 Å². The summed E-state index contributed by atoms with van der Waals surface area (Å²) < 4.78 is 1.62. The summed E-state index contributed by atoms with van der Waals surface area (Å²) in [6.45, 7) is 1.76. The average Bonchev–Trinajstić information content (AvgIpc) is 2.79. The predicted octanol–water partition coefficient (Wildman–Crippen LogP) is -0.663. The molecule has 17 heavy (non-hydrogen) atoms. The van der Waals surface area contributed by atoms with Gasteiger partial charge in [0.2, 0.25) is 0 Å². The second-order valence-corrected chi connectivity index (χ2v) is 4.21. The van der Waals surface area contributed by atoms with Crippen molar-refractivity contribution >= 4 is 11.2 Å². The van der Waals surface area contributed by atoms with Gasteiger partial charge in [-0.15, -0.1) is 0 Å². The summed E-state index contributed by atoms with van der Waals surface area (Å²) >= 11 is 0. The molecule has 3 N–H and O–H groups in total. The molecule has 0 aromatic carbocycles. The van der Waals surface area contributed by atoms with Gasteiger partial charge in [-0.1, -0.05) is 0 Å². The van der Waals surface area contributed by atoms with E-state index in [-0.39, 0.29) is 11.7 Å². The quantitative estimate of drug-likeness (QED) is 0.611. The Morgan fingerprint density at radius 1 is 1.29 bits per heavy atom. The van der Waals surface area contributed by atoms with Crippen molar-refractivity contribution in [2.45, 2.75) is 18.9 Å². The third-order valence-corrected chi connectivity index (χ3v) is 3.19. The van der Waals surface area contributed by atoms with E-state index in [1.807, 2.05) is 0 Å². The van der Waals surface area contributed by atoms with Gasteiger partial charge in [-0.2, -0.15) is 0 Å². The molecule has 0 saturated carbocycles. The van der Waals surface area contributed by atoms with Crippen molar-refractivity contribution < 1.29 is 0 Å². The Kier molecular flexibility index (Phi) is 2.32. The molecule has 0 unspecified atom stereocenters. The van der Waals surface area contributed by atoms with Crippen LogP contribution in [0.25, 0.3) is 11.2 Å². The Hall–Kier alpha value is -1.89. The van der Waals surface area contributed by atoms with Gasteiger partial charge >= 0.3 is 5.69 Å². The lowest BCUT2D eigenvalue weighted by molar-refractivity contribution is 0.364. The first-order valence-corrected chi connectivity index (χ1v) is 5.66. The summed E-state index contributed by atoms with van der Waals surface area (Å²) in [5.74, 6) is 0. The minimum atomic E-state index is -0.434. The molecule has 0 aliphatic carbocycles. The third-order valence-electron chi connectivity index (χ3n) is 3.19. The van der Waals surface area contributed by atoms with E-state index in [4.69, 9.17) is 0 Å². The van der Waals surface area contributed by atoms with E-state index in [2.05, 4.69) is 20.3 Å². The highest BCUT2D eigenvalue weighted by atomic mass is 16.2. The number of piperidine rings is 1. The molecule has 0 spiro atoms. The van der Waals surface area contributed by atoms with E-state index in [0.717, 1.165) is 25.9 Å². The number of fused-ring (bicyclic) bond motifs is 1. The molecule has 0 atom stereocenters. The Morgan fingerprint density at radius 2 is 2.06 bits per heavy atom. The molecular formula is C10H13N5O2. The van der Waals surface area contributed by atoms with Gasteiger partial charge < -0.3 is 10.3 Å². The minimum absolute atomic E-state index is 0.114. The van der Waals surface area contributed by atoms with Crippen LogP contribution in [-0.4, -0.2) is 32.6 Å².